The Bertz CT molecular complexity index is 470. The third kappa shape index (κ3) is 3.46. The second-order valence-corrected chi connectivity index (χ2v) is 5.48. The van der Waals surface area contributed by atoms with Crippen LogP contribution < -0.4 is 10.6 Å². The van der Waals surface area contributed by atoms with Crippen LogP contribution in [0.5, 0.6) is 0 Å². The van der Waals surface area contributed by atoms with Gasteiger partial charge >= 0.3 is 0 Å². The number of aromatic nitrogens is 1. The monoisotopic (exact) mass is 279 g/mol. The van der Waals surface area contributed by atoms with E-state index in [0.717, 1.165) is 31.6 Å². The summed E-state index contributed by atoms with van der Waals surface area (Å²) >= 11 is 0. The maximum Gasteiger partial charge on any atom is 0.254 e. The SMILES string of the molecule is CCNc1nccc(C(=O)NC2CCC(C)CC2)c1F. The van der Waals surface area contributed by atoms with Gasteiger partial charge in [-0.1, -0.05) is 6.92 Å². The third-order valence-corrected chi connectivity index (χ3v) is 3.83. The van der Waals surface area contributed by atoms with Gasteiger partial charge in [0, 0.05) is 18.8 Å². The third-order valence-electron chi connectivity index (χ3n) is 3.83. The molecule has 110 valence electrons. The Morgan fingerprint density at radius 1 is 1.40 bits per heavy atom. The number of halogens is 1. The molecule has 0 aromatic carbocycles. The van der Waals surface area contributed by atoms with Crippen molar-refractivity contribution in [1.29, 1.82) is 0 Å². The second kappa shape index (κ2) is 6.68. The minimum absolute atomic E-state index is 0.0644. The average Bonchev–Trinajstić information content (AvgIpc) is 2.44. The Morgan fingerprint density at radius 2 is 2.10 bits per heavy atom. The fourth-order valence-electron chi connectivity index (χ4n) is 2.58. The molecule has 0 bridgehead atoms. The van der Waals surface area contributed by atoms with E-state index < -0.39 is 5.82 Å². The van der Waals surface area contributed by atoms with E-state index in [0.29, 0.717) is 6.54 Å². The molecule has 0 unspecified atom stereocenters. The first kappa shape index (κ1) is 14.8. The molecule has 1 aliphatic rings. The number of pyridine rings is 1. The van der Waals surface area contributed by atoms with Crippen molar-refractivity contribution in [1.82, 2.24) is 10.3 Å². The Morgan fingerprint density at radius 3 is 2.75 bits per heavy atom. The molecule has 1 amide bonds. The molecule has 0 aliphatic heterocycles. The van der Waals surface area contributed by atoms with Gasteiger partial charge < -0.3 is 10.6 Å². The van der Waals surface area contributed by atoms with Crippen molar-refractivity contribution in [2.45, 2.75) is 45.6 Å². The van der Waals surface area contributed by atoms with Crippen LogP contribution in [0.2, 0.25) is 0 Å². The van der Waals surface area contributed by atoms with Crippen molar-refractivity contribution >= 4 is 11.7 Å². The van der Waals surface area contributed by atoms with Crippen molar-refractivity contribution in [3.8, 4) is 0 Å². The van der Waals surface area contributed by atoms with E-state index in [1.54, 1.807) is 0 Å². The zero-order chi connectivity index (χ0) is 14.5. The van der Waals surface area contributed by atoms with Crippen LogP contribution in [0, 0.1) is 11.7 Å². The Kier molecular flexibility index (Phi) is 4.93. The number of carbonyl (C=O) groups excluding carboxylic acids is 1. The average molecular weight is 279 g/mol. The van der Waals surface area contributed by atoms with E-state index in [4.69, 9.17) is 0 Å². The second-order valence-electron chi connectivity index (χ2n) is 5.48. The lowest BCUT2D eigenvalue weighted by Gasteiger charge is -2.27. The zero-order valence-electron chi connectivity index (χ0n) is 12.1. The van der Waals surface area contributed by atoms with Gasteiger partial charge in [-0.05, 0) is 44.6 Å². The molecule has 1 saturated carbocycles. The predicted molar refractivity (Wildman–Crippen MR) is 77.2 cm³/mol. The van der Waals surface area contributed by atoms with Crippen LogP contribution in [0.4, 0.5) is 10.2 Å². The van der Waals surface area contributed by atoms with Crippen LogP contribution >= 0.6 is 0 Å². The summed E-state index contributed by atoms with van der Waals surface area (Å²) in [5.74, 6) is -0.0572. The highest BCUT2D eigenvalue weighted by molar-refractivity contribution is 5.95. The number of hydrogen-bond donors (Lipinski definition) is 2. The Labute approximate surface area is 119 Å². The van der Waals surface area contributed by atoms with E-state index in [1.807, 2.05) is 6.92 Å². The fourth-order valence-corrected chi connectivity index (χ4v) is 2.58. The summed E-state index contributed by atoms with van der Waals surface area (Å²) in [5.41, 5.74) is 0.0644. The fraction of sp³-hybridized carbons (Fsp3) is 0.600. The van der Waals surface area contributed by atoms with Gasteiger partial charge in [-0.25, -0.2) is 9.37 Å². The smallest absolute Gasteiger partial charge is 0.254 e. The lowest BCUT2D eigenvalue weighted by Crippen LogP contribution is -2.37. The van der Waals surface area contributed by atoms with Gasteiger partial charge in [-0.3, -0.25) is 4.79 Å². The molecule has 20 heavy (non-hydrogen) atoms. The number of rotatable bonds is 4. The molecule has 5 heteroatoms. The quantitative estimate of drug-likeness (QED) is 0.891. The number of nitrogens with one attached hydrogen (secondary N) is 2. The van der Waals surface area contributed by atoms with Crippen LogP contribution in [-0.4, -0.2) is 23.5 Å². The summed E-state index contributed by atoms with van der Waals surface area (Å²) in [6.45, 7) is 4.65. The number of anilines is 1. The first-order chi connectivity index (χ1) is 9.61. The van der Waals surface area contributed by atoms with Gasteiger partial charge in [-0.2, -0.15) is 0 Å². The highest BCUT2D eigenvalue weighted by Gasteiger charge is 2.22. The van der Waals surface area contributed by atoms with Gasteiger partial charge in [0.05, 0.1) is 5.56 Å². The minimum Gasteiger partial charge on any atom is -0.368 e. The topological polar surface area (TPSA) is 54.0 Å². The highest BCUT2D eigenvalue weighted by Crippen LogP contribution is 2.24. The summed E-state index contributed by atoms with van der Waals surface area (Å²) < 4.78 is 14.1. The van der Waals surface area contributed by atoms with Gasteiger partial charge in [0.2, 0.25) is 0 Å². The van der Waals surface area contributed by atoms with E-state index in [2.05, 4.69) is 22.5 Å². The van der Waals surface area contributed by atoms with Gasteiger partial charge in [0.25, 0.3) is 5.91 Å². The molecule has 1 aliphatic carbocycles. The number of amides is 1. The van der Waals surface area contributed by atoms with Crippen LogP contribution in [-0.2, 0) is 0 Å². The molecule has 0 atom stereocenters. The maximum atomic E-state index is 14.1. The predicted octanol–water partition coefficient (Wildman–Crippen LogP) is 2.96. The van der Waals surface area contributed by atoms with Gasteiger partial charge in [0.15, 0.2) is 11.6 Å². The minimum atomic E-state index is -0.573. The molecule has 1 fully saturated rings. The largest absolute Gasteiger partial charge is 0.368 e. The van der Waals surface area contributed by atoms with Crippen LogP contribution in [0.25, 0.3) is 0 Å². The van der Waals surface area contributed by atoms with Crippen molar-refractivity contribution in [2.24, 2.45) is 5.92 Å². The molecule has 1 aromatic rings. The summed E-state index contributed by atoms with van der Waals surface area (Å²) in [6.07, 6.45) is 5.64. The number of hydrogen-bond acceptors (Lipinski definition) is 3. The van der Waals surface area contributed by atoms with Crippen molar-refractivity contribution in [3.05, 3.63) is 23.6 Å². The van der Waals surface area contributed by atoms with E-state index in [-0.39, 0.29) is 23.3 Å². The standard InChI is InChI=1S/C15H22FN3O/c1-3-17-14-13(16)12(8-9-18-14)15(20)19-11-6-4-10(2)5-7-11/h8-11H,3-7H2,1-2H3,(H,17,18)(H,19,20). The molecule has 0 radical (unpaired) electrons. The van der Waals surface area contributed by atoms with Crippen molar-refractivity contribution < 1.29 is 9.18 Å². The number of nitrogens with zero attached hydrogens (tertiary/aromatic N) is 1. The zero-order valence-corrected chi connectivity index (χ0v) is 12.1. The van der Waals surface area contributed by atoms with Crippen molar-refractivity contribution in [2.75, 3.05) is 11.9 Å². The number of carbonyl (C=O) groups is 1. The molecule has 4 nitrogen and oxygen atoms in total. The normalized spacial score (nSPS) is 22.4. The summed E-state index contributed by atoms with van der Waals surface area (Å²) in [7, 11) is 0. The Balaban J connectivity index is 2.04. The van der Waals surface area contributed by atoms with Crippen LogP contribution in [0.3, 0.4) is 0 Å². The van der Waals surface area contributed by atoms with Crippen LogP contribution in [0.15, 0.2) is 12.3 Å². The summed E-state index contributed by atoms with van der Waals surface area (Å²) in [5, 5.41) is 5.75. The van der Waals surface area contributed by atoms with Crippen LogP contribution in [0.1, 0.15) is 49.9 Å². The molecule has 0 saturated heterocycles. The van der Waals surface area contributed by atoms with Gasteiger partial charge in [-0.15, -0.1) is 0 Å². The summed E-state index contributed by atoms with van der Waals surface area (Å²) in [6, 6.07) is 1.59. The van der Waals surface area contributed by atoms with E-state index in [1.165, 1.54) is 12.3 Å². The van der Waals surface area contributed by atoms with Crippen molar-refractivity contribution in [3.63, 3.8) is 0 Å². The Hall–Kier alpha value is -1.65. The lowest BCUT2D eigenvalue weighted by molar-refractivity contribution is 0.0919. The molecular weight excluding hydrogens is 257 g/mol. The first-order valence-corrected chi connectivity index (χ1v) is 7.31. The van der Waals surface area contributed by atoms with Gasteiger partial charge in [0.1, 0.15) is 0 Å². The molecule has 1 aromatic heterocycles. The molecule has 2 N–H and O–H groups in total. The molecule has 2 rings (SSSR count). The summed E-state index contributed by atoms with van der Waals surface area (Å²) in [4.78, 5) is 16.1. The maximum absolute atomic E-state index is 14.1. The lowest BCUT2D eigenvalue weighted by atomic mass is 9.87. The highest BCUT2D eigenvalue weighted by atomic mass is 19.1. The van der Waals surface area contributed by atoms with E-state index in [9.17, 15) is 9.18 Å². The van der Waals surface area contributed by atoms with E-state index >= 15 is 0 Å². The molecule has 0 spiro atoms. The molecule has 1 heterocycles. The first-order valence-electron chi connectivity index (χ1n) is 7.31. The molecular formula is C15H22FN3O.